The number of carbonyl (C=O) groups is 1. The van der Waals surface area contributed by atoms with Crippen LogP contribution in [-0.4, -0.2) is 11.4 Å². The van der Waals surface area contributed by atoms with E-state index < -0.39 is 5.54 Å². The van der Waals surface area contributed by atoms with E-state index in [1.165, 1.54) is 25.7 Å². The minimum atomic E-state index is -0.701. The van der Waals surface area contributed by atoms with E-state index in [0.29, 0.717) is 5.41 Å². The number of hydrogen-bond donors (Lipinski definition) is 2. The highest BCUT2D eigenvalue weighted by Gasteiger charge is 2.44. The summed E-state index contributed by atoms with van der Waals surface area (Å²) in [5.41, 5.74) is 11.1. The minimum absolute atomic E-state index is 0.314. The van der Waals surface area contributed by atoms with E-state index in [2.05, 4.69) is 0 Å². The van der Waals surface area contributed by atoms with Crippen molar-refractivity contribution in [1.82, 2.24) is 0 Å². The Morgan fingerprint density at radius 1 is 0.929 bits per heavy atom. The van der Waals surface area contributed by atoms with Crippen LogP contribution in [0.5, 0.6) is 0 Å². The van der Waals surface area contributed by atoms with Gasteiger partial charge in [0, 0.05) is 0 Å². The summed E-state index contributed by atoms with van der Waals surface area (Å²) in [6.45, 7) is 0. The Labute approximate surface area is 85.2 Å². The van der Waals surface area contributed by atoms with Crippen molar-refractivity contribution in [3.05, 3.63) is 0 Å². The monoisotopic (exact) mass is 196 g/mol. The van der Waals surface area contributed by atoms with Crippen molar-refractivity contribution in [2.75, 3.05) is 0 Å². The van der Waals surface area contributed by atoms with E-state index >= 15 is 0 Å². The van der Waals surface area contributed by atoms with E-state index in [4.69, 9.17) is 11.5 Å². The van der Waals surface area contributed by atoms with Crippen molar-refractivity contribution in [2.24, 2.45) is 16.9 Å². The quantitative estimate of drug-likeness (QED) is 0.663. The van der Waals surface area contributed by atoms with Crippen LogP contribution in [0.3, 0.4) is 0 Å². The van der Waals surface area contributed by atoms with Crippen LogP contribution >= 0.6 is 0 Å². The molecule has 0 aromatic carbocycles. The average Bonchev–Trinajstić information content (AvgIpc) is 2.60. The summed E-state index contributed by atoms with van der Waals surface area (Å²) in [7, 11) is 0. The normalized spacial score (nSPS) is 29.2. The van der Waals surface area contributed by atoms with Crippen LogP contribution in [0.4, 0.5) is 0 Å². The molecule has 0 unspecified atom stereocenters. The predicted octanol–water partition coefficient (Wildman–Crippen LogP) is 1.30. The summed E-state index contributed by atoms with van der Waals surface area (Å²) in [5, 5.41) is 0. The molecule has 2 saturated carbocycles. The molecule has 14 heavy (non-hydrogen) atoms. The maximum Gasteiger partial charge on any atom is 0.237 e. The van der Waals surface area contributed by atoms with Crippen molar-refractivity contribution >= 4 is 5.91 Å². The van der Waals surface area contributed by atoms with Crippen LogP contribution in [0.1, 0.15) is 51.4 Å². The molecule has 0 aliphatic heterocycles. The van der Waals surface area contributed by atoms with Gasteiger partial charge in [-0.05, 0) is 43.9 Å². The molecule has 2 aliphatic rings. The van der Waals surface area contributed by atoms with Crippen molar-refractivity contribution in [1.29, 1.82) is 0 Å². The van der Waals surface area contributed by atoms with Gasteiger partial charge in [-0.1, -0.05) is 12.8 Å². The largest absolute Gasteiger partial charge is 0.368 e. The molecule has 2 aliphatic carbocycles. The summed E-state index contributed by atoms with van der Waals surface area (Å²) in [6.07, 6.45) is 9.18. The van der Waals surface area contributed by atoms with Crippen molar-refractivity contribution in [3.8, 4) is 0 Å². The SMILES string of the molecule is NC(=O)C1(N)CCC2(CCCC2)CC1. The second kappa shape index (κ2) is 3.23. The highest BCUT2D eigenvalue weighted by Crippen LogP contribution is 2.50. The molecular weight excluding hydrogens is 176 g/mol. The van der Waals surface area contributed by atoms with E-state index in [1.807, 2.05) is 0 Å². The topological polar surface area (TPSA) is 69.1 Å². The molecule has 1 amide bonds. The van der Waals surface area contributed by atoms with Crippen LogP contribution in [0, 0.1) is 5.41 Å². The third-order valence-electron chi connectivity index (χ3n) is 4.36. The van der Waals surface area contributed by atoms with Gasteiger partial charge in [0.05, 0.1) is 5.54 Å². The van der Waals surface area contributed by atoms with Gasteiger partial charge in [-0.3, -0.25) is 4.79 Å². The molecule has 2 fully saturated rings. The van der Waals surface area contributed by atoms with Crippen LogP contribution in [0.15, 0.2) is 0 Å². The Kier molecular flexibility index (Phi) is 2.30. The molecular formula is C11H20N2O. The first-order valence-electron chi connectivity index (χ1n) is 5.65. The number of primary amides is 1. The van der Waals surface area contributed by atoms with Gasteiger partial charge in [0.25, 0.3) is 0 Å². The van der Waals surface area contributed by atoms with Gasteiger partial charge >= 0.3 is 0 Å². The van der Waals surface area contributed by atoms with Crippen LogP contribution in [-0.2, 0) is 4.79 Å². The number of hydrogen-bond acceptors (Lipinski definition) is 2. The van der Waals surface area contributed by atoms with E-state index in [1.54, 1.807) is 0 Å². The highest BCUT2D eigenvalue weighted by atomic mass is 16.1. The van der Waals surface area contributed by atoms with E-state index in [9.17, 15) is 4.79 Å². The van der Waals surface area contributed by atoms with Crippen LogP contribution in [0.25, 0.3) is 0 Å². The zero-order valence-electron chi connectivity index (χ0n) is 8.72. The van der Waals surface area contributed by atoms with Crippen molar-refractivity contribution < 1.29 is 4.79 Å². The molecule has 0 heterocycles. The third-order valence-corrected chi connectivity index (χ3v) is 4.36. The van der Waals surface area contributed by atoms with Crippen molar-refractivity contribution in [3.63, 3.8) is 0 Å². The Balaban J connectivity index is 2.01. The Bertz CT molecular complexity index is 234. The molecule has 80 valence electrons. The number of nitrogens with two attached hydrogens (primary N) is 2. The fourth-order valence-corrected chi connectivity index (χ4v) is 3.10. The highest BCUT2D eigenvalue weighted by molar-refractivity contribution is 5.84. The Hall–Kier alpha value is -0.570. The molecule has 0 bridgehead atoms. The summed E-state index contributed by atoms with van der Waals surface area (Å²) in [5.74, 6) is -0.314. The van der Waals surface area contributed by atoms with Crippen molar-refractivity contribution in [2.45, 2.75) is 56.9 Å². The van der Waals surface area contributed by atoms with E-state index in [0.717, 1.165) is 25.7 Å². The maximum absolute atomic E-state index is 11.2. The molecule has 3 nitrogen and oxygen atoms in total. The molecule has 0 radical (unpaired) electrons. The molecule has 2 rings (SSSR count). The summed E-state index contributed by atoms with van der Waals surface area (Å²) in [6, 6.07) is 0. The first kappa shape index (κ1) is 9.97. The third kappa shape index (κ3) is 1.54. The fourth-order valence-electron chi connectivity index (χ4n) is 3.10. The summed E-state index contributed by atoms with van der Waals surface area (Å²) >= 11 is 0. The zero-order chi connectivity index (χ0) is 10.2. The standard InChI is InChI=1S/C11H20N2O/c12-9(14)11(13)7-5-10(6-8-11)3-1-2-4-10/h1-8,13H2,(H2,12,14). The van der Waals surface area contributed by atoms with Gasteiger partial charge < -0.3 is 11.5 Å². The second-order valence-corrected chi connectivity index (χ2v) is 5.23. The minimum Gasteiger partial charge on any atom is -0.368 e. The summed E-state index contributed by atoms with van der Waals surface area (Å²) in [4.78, 5) is 11.2. The lowest BCUT2D eigenvalue weighted by Gasteiger charge is -2.41. The smallest absolute Gasteiger partial charge is 0.237 e. The molecule has 0 aromatic heterocycles. The van der Waals surface area contributed by atoms with Gasteiger partial charge in [0.1, 0.15) is 0 Å². The first-order chi connectivity index (χ1) is 6.56. The number of rotatable bonds is 1. The maximum atomic E-state index is 11.2. The summed E-state index contributed by atoms with van der Waals surface area (Å²) < 4.78 is 0. The van der Waals surface area contributed by atoms with Gasteiger partial charge in [0.15, 0.2) is 0 Å². The molecule has 0 saturated heterocycles. The van der Waals surface area contributed by atoms with Crippen LogP contribution in [0.2, 0.25) is 0 Å². The van der Waals surface area contributed by atoms with Gasteiger partial charge in [-0.25, -0.2) is 0 Å². The zero-order valence-corrected chi connectivity index (χ0v) is 8.72. The number of carbonyl (C=O) groups excluding carboxylic acids is 1. The predicted molar refractivity (Wildman–Crippen MR) is 55.5 cm³/mol. The molecule has 3 heteroatoms. The molecule has 0 aromatic rings. The number of amides is 1. The Morgan fingerprint density at radius 2 is 1.43 bits per heavy atom. The second-order valence-electron chi connectivity index (χ2n) is 5.23. The first-order valence-corrected chi connectivity index (χ1v) is 5.65. The molecule has 1 spiro atoms. The lowest BCUT2D eigenvalue weighted by Crippen LogP contribution is -2.55. The molecule has 0 atom stereocenters. The Morgan fingerprint density at radius 3 is 1.86 bits per heavy atom. The van der Waals surface area contributed by atoms with Gasteiger partial charge in [-0.2, -0.15) is 0 Å². The van der Waals surface area contributed by atoms with Gasteiger partial charge in [-0.15, -0.1) is 0 Å². The van der Waals surface area contributed by atoms with Crippen LogP contribution < -0.4 is 11.5 Å². The van der Waals surface area contributed by atoms with Gasteiger partial charge in [0.2, 0.25) is 5.91 Å². The lowest BCUT2D eigenvalue weighted by molar-refractivity contribution is -0.125. The lowest BCUT2D eigenvalue weighted by atomic mass is 9.66. The van der Waals surface area contributed by atoms with E-state index in [-0.39, 0.29) is 5.91 Å². The fraction of sp³-hybridized carbons (Fsp3) is 0.909. The average molecular weight is 196 g/mol. The molecule has 4 N–H and O–H groups in total.